The minimum Gasteiger partial charge on any atom is -0.360 e. The van der Waals surface area contributed by atoms with E-state index in [1.807, 2.05) is 0 Å². The summed E-state index contributed by atoms with van der Waals surface area (Å²) < 4.78 is 38.5. The molecule has 0 aromatic heterocycles. The second-order valence-corrected chi connectivity index (χ2v) is 6.14. The lowest BCUT2D eigenvalue weighted by Gasteiger charge is -2.32. The van der Waals surface area contributed by atoms with E-state index in [1.54, 1.807) is 32.0 Å². The van der Waals surface area contributed by atoms with Crippen LogP contribution in [0.15, 0.2) is 18.2 Å². The van der Waals surface area contributed by atoms with Crippen LogP contribution in [0.3, 0.4) is 0 Å². The van der Waals surface area contributed by atoms with Crippen LogP contribution < -0.4 is 10.2 Å². The Morgan fingerprint density at radius 2 is 2.00 bits per heavy atom. The Bertz CT molecular complexity index is 484. The summed E-state index contributed by atoms with van der Waals surface area (Å²) in [5, 5.41) is 3.83. The summed E-state index contributed by atoms with van der Waals surface area (Å²) in [6.45, 7) is 3.04. The van der Waals surface area contributed by atoms with Crippen LogP contribution in [0.5, 0.6) is 0 Å². The Kier molecular flexibility index (Phi) is 5.04. The van der Waals surface area contributed by atoms with Crippen LogP contribution in [-0.2, 0) is 6.54 Å². The second-order valence-electron chi connectivity index (χ2n) is 5.73. The number of hydrogen-bond acceptors (Lipinski definition) is 2. The minimum atomic E-state index is -4.24. The molecule has 0 radical (unpaired) electrons. The van der Waals surface area contributed by atoms with Gasteiger partial charge in [-0.05, 0) is 38.8 Å². The number of anilines is 1. The molecule has 6 heteroatoms. The van der Waals surface area contributed by atoms with Gasteiger partial charge in [-0.3, -0.25) is 0 Å². The molecular weight excluding hydrogens is 301 g/mol. The van der Waals surface area contributed by atoms with E-state index in [9.17, 15) is 13.2 Å². The predicted octanol–water partition coefficient (Wildman–Crippen LogP) is 4.37. The highest BCUT2D eigenvalue weighted by Crippen LogP contribution is 2.32. The third kappa shape index (κ3) is 4.78. The van der Waals surface area contributed by atoms with E-state index >= 15 is 0 Å². The van der Waals surface area contributed by atoms with Gasteiger partial charge in [0.2, 0.25) is 0 Å². The first-order valence-corrected chi connectivity index (χ1v) is 7.50. The summed E-state index contributed by atoms with van der Waals surface area (Å²) in [6.07, 6.45) is -2.00. The van der Waals surface area contributed by atoms with Gasteiger partial charge in [-0.15, -0.1) is 0 Å². The zero-order chi connectivity index (χ0) is 15.6. The fraction of sp³-hybridized carbons (Fsp3) is 0.600. The van der Waals surface area contributed by atoms with Gasteiger partial charge in [-0.2, -0.15) is 13.2 Å². The molecule has 1 N–H and O–H groups in total. The maximum Gasteiger partial charge on any atom is 0.405 e. The molecule has 0 amide bonds. The largest absolute Gasteiger partial charge is 0.405 e. The summed E-state index contributed by atoms with van der Waals surface area (Å²) in [6, 6.07) is 5.35. The number of rotatable bonds is 6. The van der Waals surface area contributed by atoms with Crippen LogP contribution in [0.25, 0.3) is 0 Å². The van der Waals surface area contributed by atoms with Gasteiger partial charge in [0.15, 0.2) is 0 Å². The molecule has 118 valence electrons. The molecule has 1 aromatic carbocycles. The van der Waals surface area contributed by atoms with Crippen LogP contribution in [0.4, 0.5) is 18.9 Å². The molecule has 0 bridgehead atoms. The number of nitrogens with zero attached hydrogens (tertiary/aromatic N) is 1. The molecule has 0 saturated heterocycles. The molecule has 2 rings (SSSR count). The molecule has 2 nitrogen and oxygen atoms in total. The lowest BCUT2D eigenvalue weighted by atomic mass is 10.1. The standard InChI is InChI=1S/C15H20ClF3N2/c1-10(2)21(9-15(17,18)19)14-5-3-4-13(16)12(14)8-20-11-6-7-11/h3-5,10-11,20H,6-9H2,1-2H3. The van der Waals surface area contributed by atoms with Gasteiger partial charge < -0.3 is 10.2 Å². The normalized spacial score (nSPS) is 15.6. The molecular formula is C15H20ClF3N2. The highest BCUT2D eigenvalue weighted by atomic mass is 35.5. The molecule has 0 aliphatic heterocycles. The molecule has 21 heavy (non-hydrogen) atoms. The van der Waals surface area contributed by atoms with Crippen LogP contribution in [0.1, 0.15) is 32.3 Å². The Balaban J connectivity index is 2.27. The average molecular weight is 321 g/mol. The summed E-state index contributed by atoms with van der Waals surface area (Å²) in [5.74, 6) is 0. The van der Waals surface area contributed by atoms with E-state index in [0.717, 1.165) is 18.4 Å². The Morgan fingerprint density at radius 1 is 1.33 bits per heavy atom. The van der Waals surface area contributed by atoms with Crippen LogP contribution in [0, 0.1) is 0 Å². The maximum absolute atomic E-state index is 12.8. The van der Waals surface area contributed by atoms with Gasteiger partial charge in [0.05, 0.1) is 0 Å². The van der Waals surface area contributed by atoms with Gasteiger partial charge in [0.25, 0.3) is 0 Å². The van der Waals surface area contributed by atoms with Crippen molar-refractivity contribution in [1.82, 2.24) is 5.32 Å². The number of alkyl halides is 3. The van der Waals surface area contributed by atoms with Gasteiger partial charge in [0.1, 0.15) is 6.54 Å². The Hall–Kier alpha value is -0.940. The molecule has 0 spiro atoms. The van der Waals surface area contributed by atoms with Crippen molar-refractivity contribution in [3.05, 3.63) is 28.8 Å². The highest BCUT2D eigenvalue weighted by Gasteiger charge is 2.33. The van der Waals surface area contributed by atoms with Crippen molar-refractivity contribution in [1.29, 1.82) is 0 Å². The third-order valence-electron chi connectivity index (χ3n) is 3.52. The first kappa shape index (κ1) is 16.4. The van der Waals surface area contributed by atoms with E-state index in [-0.39, 0.29) is 6.04 Å². The van der Waals surface area contributed by atoms with Crippen molar-refractivity contribution in [2.75, 3.05) is 11.4 Å². The van der Waals surface area contributed by atoms with Crippen molar-refractivity contribution >= 4 is 17.3 Å². The quantitative estimate of drug-likeness (QED) is 0.837. The Labute approximate surface area is 128 Å². The molecule has 1 saturated carbocycles. The SMILES string of the molecule is CC(C)N(CC(F)(F)F)c1cccc(Cl)c1CNC1CC1. The van der Waals surface area contributed by atoms with Crippen molar-refractivity contribution in [2.24, 2.45) is 0 Å². The van der Waals surface area contributed by atoms with Crippen LogP contribution in [0.2, 0.25) is 5.02 Å². The van der Waals surface area contributed by atoms with Crippen molar-refractivity contribution in [2.45, 2.75) is 51.5 Å². The van der Waals surface area contributed by atoms with E-state index in [1.165, 1.54) is 4.90 Å². The summed E-state index contributed by atoms with van der Waals surface area (Å²) in [4.78, 5) is 1.36. The maximum atomic E-state index is 12.8. The fourth-order valence-electron chi connectivity index (χ4n) is 2.26. The number of benzene rings is 1. The van der Waals surface area contributed by atoms with Crippen molar-refractivity contribution < 1.29 is 13.2 Å². The average Bonchev–Trinajstić information content (AvgIpc) is 3.17. The smallest absolute Gasteiger partial charge is 0.360 e. The molecule has 1 aliphatic rings. The Morgan fingerprint density at radius 3 is 2.52 bits per heavy atom. The first-order valence-electron chi connectivity index (χ1n) is 7.12. The van der Waals surface area contributed by atoms with E-state index in [0.29, 0.717) is 23.3 Å². The zero-order valence-corrected chi connectivity index (χ0v) is 12.9. The first-order chi connectivity index (χ1) is 9.78. The lowest BCUT2D eigenvalue weighted by molar-refractivity contribution is -0.120. The van der Waals surface area contributed by atoms with E-state index < -0.39 is 12.7 Å². The molecule has 1 aliphatic carbocycles. The van der Waals surface area contributed by atoms with E-state index in [4.69, 9.17) is 11.6 Å². The van der Waals surface area contributed by atoms with Crippen molar-refractivity contribution in [3.63, 3.8) is 0 Å². The van der Waals surface area contributed by atoms with Gasteiger partial charge in [-0.1, -0.05) is 17.7 Å². The molecule has 1 fully saturated rings. The molecule has 0 heterocycles. The zero-order valence-electron chi connectivity index (χ0n) is 12.2. The summed E-state index contributed by atoms with van der Waals surface area (Å²) >= 11 is 6.21. The number of halogens is 4. The number of hydrogen-bond donors (Lipinski definition) is 1. The summed E-state index contributed by atoms with van der Waals surface area (Å²) in [7, 11) is 0. The second kappa shape index (κ2) is 6.44. The highest BCUT2D eigenvalue weighted by molar-refractivity contribution is 6.31. The fourth-order valence-corrected chi connectivity index (χ4v) is 2.50. The van der Waals surface area contributed by atoms with Gasteiger partial charge >= 0.3 is 6.18 Å². The monoisotopic (exact) mass is 320 g/mol. The third-order valence-corrected chi connectivity index (χ3v) is 3.88. The number of nitrogens with one attached hydrogen (secondary N) is 1. The topological polar surface area (TPSA) is 15.3 Å². The minimum absolute atomic E-state index is 0.259. The molecule has 0 atom stereocenters. The lowest BCUT2D eigenvalue weighted by Crippen LogP contribution is -2.40. The predicted molar refractivity (Wildman–Crippen MR) is 79.9 cm³/mol. The van der Waals surface area contributed by atoms with Gasteiger partial charge in [0, 0.05) is 34.9 Å². The molecule has 1 aromatic rings. The van der Waals surface area contributed by atoms with Crippen LogP contribution >= 0.6 is 11.6 Å². The summed E-state index contributed by atoms with van der Waals surface area (Å²) in [5.41, 5.74) is 1.30. The van der Waals surface area contributed by atoms with Crippen molar-refractivity contribution in [3.8, 4) is 0 Å². The van der Waals surface area contributed by atoms with Crippen LogP contribution in [-0.4, -0.2) is 24.8 Å². The molecule has 0 unspecified atom stereocenters. The van der Waals surface area contributed by atoms with E-state index in [2.05, 4.69) is 5.32 Å². The van der Waals surface area contributed by atoms with Gasteiger partial charge in [-0.25, -0.2) is 0 Å².